The van der Waals surface area contributed by atoms with Crippen LogP contribution >= 0.6 is 35.7 Å². The second kappa shape index (κ2) is 8.07. The third-order valence-corrected chi connectivity index (χ3v) is 6.25. The van der Waals surface area contributed by atoms with Crippen LogP contribution < -0.4 is 0 Å². The number of hydrogen-bond acceptors (Lipinski definition) is 8. The van der Waals surface area contributed by atoms with Crippen LogP contribution in [0, 0.1) is 0 Å². The zero-order valence-corrected chi connectivity index (χ0v) is 16.2. The molecule has 10 heteroatoms. The highest BCUT2D eigenvalue weighted by atomic mass is 32.2. The molecule has 1 fully saturated rings. The average Bonchev–Trinajstić information content (AvgIpc) is 2.97. The molecule has 0 aromatic carbocycles. The normalized spacial score (nSPS) is 21.1. The van der Waals surface area contributed by atoms with Crippen molar-refractivity contribution < 1.29 is 24.2 Å². The zero-order chi connectivity index (χ0) is 18.7. The minimum absolute atomic E-state index is 0.220. The minimum atomic E-state index is -1.12. The Morgan fingerprint density at radius 3 is 2.64 bits per heavy atom. The van der Waals surface area contributed by atoms with E-state index in [1.54, 1.807) is 20.0 Å². The predicted octanol–water partition coefficient (Wildman–Crippen LogP) is 2.13. The van der Waals surface area contributed by atoms with E-state index in [1.165, 1.54) is 17.8 Å². The van der Waals surface area contributed by atoms with Crippen LogP contribution in [-0.4, -0.2) is 57.3 Å². The summed E-state index contributed by atoms with van der Waals surface area (Å²) < 4.78 is 5.07. The molecule has 2 heterocycles. The fourth-order valence-corrected chi connectivity index (χ4v) is 4.63. The molecular weight excluding hydrogens is 384 g/mol. The van der Waals surface area contributed by atoms with E-state index in [0.29, 0.717) is 16.5 Å². The molecule has 2 rings (SSSR count). The summed E-state index contributed by atoms with van der Waals surface area (Å²) in [5.41, 5.74) is 0.865. The Bertz CT molecular complexity index is 741. The summed E-state index contributed by atoms with van der Waals surface area (Å²) >= 11 is 7.52. The van der Waals surface area contributed by atoms with E-state index in [9.17, 15) is 14.4 Å². The monoisotopic (exact) mass is 400 g/mol. The lowest BCUT2D eigenvalue weighted by molar-refractivity contribution is -0.140. The molecule has 2 aliphatic rings. The van der Waals surface area contributed by atoms with E-state index in [-0.39, 0.29) is 4.32 Å². The van der Waals surface area contributed by atoms with Gasteiger partial charge in [0.25, 0.3) is 5.91 Å². The summed E-state index contributed by atoms with van der Waals surface area (Å²) in [6.45, 7) is 3.43. The fourth-order valence-electron chi connectivity index (χ4n) is 2.05. The summed E-state index contributed by atoms with van der Waals surface area (Å²) in [4.78, 5) is 38.9. The van der Waals surface area contributed by atoms with Crippen molar-refractivity contribution in [2.45, 2.75) is 13.8 Å². The number of carboxylic acids is 1. The summed E-state index contributed by atoms with van der Waals surface area (Å²) in [7, 11) is 1.80. The number of rotatable bonds is 5. The van der Waals surface area contributed by atoms with Crippen LogP contribution in [0.1, 0.15) is 13.8 Å². The zero-order valence-electron chi connectivity index (χ0n) is 13.8. The van der Waals surface area contributed by atoms with E-state index in [0.717, 1.165) is 27.3 Å². The van der Waals surface area contributed by atoms with Crippen LogP contribution in [0.25, 0.3) is 0 Å². The van der Waals surface area contributed by atoms with Gasteiger partial charge in [0.2, 0.25) is 0 Å². The van der Waals surface area contributed by atoms with Crippen molar-refractivity contribution in [3.8, 4) is 0 Å². The van der Waals surface area contributed by atoms with Crippen molar-refractivity contribution in [3.05, 3.63) is 32.7 Å². The largest absolute Gasteiger partial charge is 0.480 e. The van der Waals surface area contributed by atoms with Gasteiger partial charge in [-0.1, -0.05) is 35.7 Å². The standard InChI is InChI=1S/C15H16N2O5S3/c1-4-22-11(20)6-5-9-8(2)16(3)14(24-9)12-13(21)17(7-10(18)19)15(23)25-12/h5-6H,4,7H2,1-3H3,(H,18,19)/b6-5-,14-12-. The van der Waals surface area contributed by atoms with Gasteiger partial charge in [0.05, 0.1) is 11.6 Å². The first kappa shape index (κ1) is 19.5. The molecule has 7 nitrogen and oxygen atoms in total. The molecule has 0 aromatic heterocycles. The Labute approximate surface area is 158 Å². The minimum Gasteiger partial charge on any atom is -0.480 e. The number of carbonyl (C=O) groups is 3. The number of hydrogen-bond donors (Lipinski definition) is 1. The number of aliphatic carboxylic acids is 1. The Balaban J connectivity index is 2.24. The third kappa shape index (κ3) is 4.25. The average molecular weight is 401 g/mol. The highest BCUT2D eigenvalue weighted by molar-refractivity contribution is 8.27. The Kier molecular flexibility index (Phi) is 6.31. The van der Waals surface area contributed by atoms with Gasteiger partial charge in [-0.2, -0.15) is 0 Å². The van der Waals surface area contributed by atoms with Crippen molar-refractivity contribution in [3.63, 3.8) is 0 Å². The number of thioether (sulfide) groups is 2. The lowest BCUT2D eigenvalue weighted by Crippen LogP contribution is -2.33. The van der Waals surface area contributed by atoms with Crippen molar-refractivity contribution in [2.24, 2.45) is 0 Å². The van der Waals surface area contributed by atoms with Gasteiger partial charge in [0, 0.05) is 23.7 Å². The summed E-state index contributed by atoms with van der Waals surface area (Å²) in [5.74, 6) is -1.98. The number of amides is 1. The van der Waals surface area contributed by atoms with Crippen LogP contribution in [0.4, 0.5) is 0 Å². The van der Waals surface area contributed by atoms with E-state index < -0.39 is 24.4 Å². The topological polar surface area (TPSA) is 87.2 Å². The molecular formula is C15H16N2O5S3. The van der Waals surface area contributed by atoms with Gasteiger partial charge < -0.3 is 14.7 Å². The first-order valence-electron chi connectivity index (χ1n) is 7.23. The van der Waals surface area contributed by atoms with Crippen molar-refractivity contribution >= 4 is 57.9 Å². The molecule has 0 unspecified atom stereocenters. The number of allylic oxidation sites excluding steroid dienone is 2. The summed E-state index contributed by atoms with van der Waals surface area (Å²) in [6, 6.07) is 0. The van der Waals surface area contributed by atoms with Crippen LogP contribution in [0.5, 0.6) is 0 Å². The van der Waals surface area contributed by atoms with E-state index in [2.05, 4.69) is 0 Å². The molecule has 0 spiro atoms. The second-order valence-corrected chi connectivity index (χ2v) is 7.66. The van der Waals surface area contributed by atoms with E-state index in [4.69, 9.17) is 22.1 Å². The van der Waals surface area contributed by atoms with Gasteiger partial charge in [-0.25, -0.2) is 4.79 Å². The molecule has 0 saturated carbocycles. The smallest absolute Gasteiger partial charge is 0.330 e. The van der Waals surface area contributed by atoms with Crippen LogP contribution in [0.2, 0.25) is 0 Å². The number of nitrogens with zero attached hydrogens (tertiary/aromatic N) is 2. The van der Waals surface area contributed by atoms with Crippen molar-refractivity contribution in [1.29, 1.82) is 0 Å². The van der Waals surface area contributed by atoms with Gasteiger partial charge in [0.15, 0.2) is 0 Å². The van der Waals surface area contributed by atoms with Crippen molar-refractivity contribution in [2.75, 3.05) is 20.2 Å². The van der Waals surface area contributed by atoms with Gasteiger partial charge in [-0.05, 0) is 19.9 Å². The lowest BCUT2D eigenvalue weighted by Gasteiger charge is -2.16. The first-order chi connectivity index (χ1) is 11.8. The Morgan fingerprint density at radius 2 is 2.04 bits per heavy atom. The predicted molar refractivity (Wildman–Crippen MR) is 100 cm³/mol. The number of carbonyl (C=O) groups excluding carboxylic acids is 2. The summed E-state index contributed by atoms with van der Waals surface area (Å²) in [5, 5.41) is 9.57. The van der Waals surface area contributed by atoms with E-state index in [1.807, 2.05) is 11.8 Å². The van der Waals surface area contributed by atoms with Gasteiger partial charge in [-0.3, -0.25) is 14.5 Å². The SMILES string of the molecule is CCOC(=O)/C=C\C1=C(C)N(C)/C(=C2/SC(=S)N(CC(=O)O)C2=O)S1. The van der Waals surface area contributed by atoms with Crippen LogP contribution in [0.3, 0.4) is 0 Å². The quantitative estimate of drug-likeness (QED) is 0.423. The molecule has 25 heavy (non-hydrogen) atoms. The molecule has 0 bridgehead atoms. The number of ether oxygens (including phenoxy) is 1. The van der Waals surface area contributed by atoms with Crippen LogP contribution in [-0.2, 0) is 19.1 Å². The molecule has 1 saturated heterocycles. The van der Waals surface area contributed by atoms with Gasteiger partial charge in [0.1, 0.15) is 15.8 Å². The number of esters is 1. The maximum atomic E-state index is 12.5. The highest BCUT2D eigenvalue weighted by Gasteiger charge is 2.38. The lowest BCUT2D eigenvalue weighted by atomic mass is 10.3. The maximum absolute atomic E-state index is 12.5. The second-order valence-electron chi connectivity index (χ2n) is 4.98. The Hall–Kier alpha value is -1.78. The van der Waals surface area contributed by atoms with E-state index >= 15 is 0 Å². The first-order valence-corrected chi connectivity index (χ1v) is 9.27. The molecule has 1 N–H and O–H groups in total. The molecule has 0 aliphatic carbocycles. The third-order valence-electron chi connectivity index (χ3n) is 3.37. The van der Waals surface area contributed by atoms with Gasteiger partial charge in [-0.15, -0.1) is 0 Å². The molecule has 0 radical (unpaired) electrons. The van der Waals surface area contributed by atoms with Crippen molar-refractivity contribution in [1.82, 2.24) is 9.80 Å². The van der Waals surface area contributed by atoms with Gasteiger partial charge >= 0.3 is 11.9 Å². The molecule has 2 aliphatic heterocycles. The molecule has 1 amide bonds. The fraction of sp³-hybridized carbons (Fsp3) is 0.333. The number of carboxylic acid groups (broad SMARTS) is 1. The number of thiocarbonyl (C=S) groups is 1. The highest BCUT2D eigenvalue weighted by Crippen LogP contribution is 2.47. The molecule has 0 atom stereocenters. The maximum Gasteiger partial charge on any atom is 0.330 e. The molecule has 134 valence electrons. The summed E-state index contributed by atoms with van der Waals surface area (Å²) in [6.07, 6.45) is 2.97. The molecule has 0 aromatic rings. The Morgan fingerprint density at radius 1 is 1.36 bits per heavy atom. The van der Waals surface area contributed by atoms with Crippen LogP contribution in [0.15, 0.2) is 32.7 Å².